The summed E-state index contributed by atoms with van der Waals surface area (Å²) in [6.45, 7) is 1.54. The van der Waals surface area contributed by atoms with Crippen LogP contribution in [0.25, 0.3) is 0 Å². The molecule has 8 heteroatoms. The average Bonchev–Trinajstić information content (AvgIpc) is 2.63. The lowest BCUT2D eigenvalue weighted by Gasteiger charge is -2.35. The molecule has 1 unspecified atom stereocenters. The summed E-state index contributed by atoms with van der Waals surface area (Å²) in [5, 5.41) is 2.55. The zero-order valence-corrected chi connectivity index (χ0v) is 13.7. The van der Waals surface area contributed by atoms with E-state index in [1.807, 2.05) is 0 Å². The van der Waals surface area contributed by atoms with Crippen LogP contribution in [0, 0.1) is 11.6 Å². The molecule has 0 bridgehead atoms. The van der Waals surface area contributed by atoms with Crippen molar-refractivity contribution in [2.45, 2.75) is 19.6 Å². The molecule has 6 nitrogen and oxygen atoms in total. The Kier molecular flexibility index (Phi) is 4.66. The first-order chi connectivity index (χ1) is 12.4. The molecular weight excluding hydrogens is 346 g/mol. The minimum absolute atomic E-state index is 0.00136. The van der Waals surface area contributed by atoms with Gasteiger partial charge in [0.15, 0.2) is 11.6 Å². The smallest absolute Gasteiger partial charge is 0.307 e. The van der Waals surface area contributed by atoms with E-state index < -0.39 is 35.6 Å². The van der Waals surface area contributed by atoms with Crippen LogP contribution >= 0.6 is 0 Å². The Balaban J connectivity index is 2.08. The molecule has 26 heavy (non-hydrogen) atoms. The molecule has 0 aromatic heterocycles. The standard InChI is InChI=1S/C18H14F2N2O4/c1-2-15(23)26-18-16(24)21-13-5-3-4-6-14(13)22(18)17(25)10-7-8-11(19)12(20)9-10/h3-9,18H,2H2,1H3,(H,21,24). The summed E-state index contributed by atoms with van der Waals surface area (Å²) in [6.07, 6.45) is -1.56. The summed E-state index contributed by atoms with van der Waals surface area (Å²) >= 11 is 0. The first-order valence-corrected chi connectivity index (χ1v) is 7.80. The fourth-order valence-corrected chi connectivity index (χ4v) is 2.53. The van der Waals surface area contributed by atoms with E-state index in [9.17, 15) is 23.2 Å². The number of para-hydroxylation sites is 2. The van der Waals surface area contributed by atoms with Crippen molar-refractivity contribution in [1.29, 1.82) is 0 Å². The lowest BCUT2D eigenvalue weighted by Crippen LogP contribution is -2.53. The summed E-state index contributed by atoms with van der Waals surface area (Å²) in [7, 11) is 0. The molecule has 1 aliphatic heterocycles. The zero-order chi connectivity index (χ0) is 18.8. The number of carbonyl (C=O) groups excluding carboxylic acids is 3. The van der Waals surface area contributed by atoms with Gasteiger partial charge in [0.2, 0.25) is 0 Å². The predicted octanol–water partition coefficient (Wildman–Crippen LogP) is 2.84. The Morgan fingerprint density at radius 1 is 1.15 bits per heavy atom. The maximum Gasteiger partial charge on any atom is 0.307 e. The zero-order valence-electron chi connectivity index (χ0n) is 13.7. The van der Waals surface area contributed by atoms with Crippen LogP contribution in [0.5, 0.6) is 0 Å². The van der Waals surface area contributed by atoms with Gasteiger partial charge in [-0.15, -0.1) is 0 Å². The van der Waals surface area contributed by atoms with E-state index in [-0.39, 0.29) is 17.7 Å². The van der Waals surface area contributed by atoms with Gasteiger partial charge in [-0.2, -0.15) is 0 Å². The SMILES string of the molecule is CCC(=O)OC1C(=O)Nc2ccccc2N1C(=O)c1ccc(F)c(F)c1. The van der Waals surface area contributed by atoms with Crippen LogP contribution < -0.4 is 10.2 Å². The molecule has 0 spiro atoms. The average molecular weight is 360 g/mol. The molecule has 0 aliphatic carbocycles. The highest BCUT2D eigenvalue weighted by Gasteiger charge is 2.40. The molecule has 0 saturated heterocycles. The number of carbonyl (C=O) groups is 3. The first-order valence-electron chi connectivity index (χ1n) is 7.80. The van der Waals surface area contributed by atoms with Crippen molar-refractivity contribution in [2.75, 3.05) is 10.2 Å². The largest absolute Gasteiger partial charge is 0.431 e. The van der Waals surface area contributed by atoms with E-state index in [4.69, 9.17) is 4.74 Å². The van der Waals surface area contributed by atoms with E-state index in [1.54, 1.807) is 31.2 Å². The van der Waals surface area contributed by atoms with Crippen LogP contribution in [-0.2, 0) is 14.3 Å². The number of rotatable bonds is 3. The topological polar surface area (TPSA) is 75.7 Å². The second-order valence-corrected chi connectivity index (χ2v) is 5.51. The Morgan fingerprint density at radius 2 is 1.88 bits per heavy atom. The van der Waals surface area contributed by atoms with Gasteiger partial charge in [-0.3, -0.25) is 19.3 Å². The van der Waals surface area contributed by atoms with Crippen LogP contribution in [0.2, 0.25) is 0 Å². The van der Waals surface area contributed by atoms with Crippen molar-refractivity contribution in [3.05, 3.63) is 59.7 Å². The van der Waals surface area contributed by atoms with Crippen molar-refractivity contribution in [3.63, 3.8) is 0 Å². The molecule has 1 atom stereocenters. The number of hydrogen-bond donors (Lipinski definition) is 1. The molecule has 0 saturated carbocycles. The van der Waals surface area contributed by atoms with Gasteiger partial charge in [0.1, 0.15) is 0 Å². The maximum atomic E-state index is 13.5. The monoisotopic (exact) mass is 360 g/mol. The number of nitrogens with one attached hydrogen (secondary N) is 1. The summed E-state index contributed by atoms with van der Waals surface area (Å²) in [5.74, 6) is -4.52. The molecular formula is C18H14F2N2O4. The minimum atomic E-state index is -1.56. The quantitative estimate of drug-likeness (QED) is 0.854. The minimum Gasteiger partial charge on any atom is -0.431 e. The van der Waals surface area contributed by atoms with Crippen molar-refractivity contribution in [2.24, 2.45) is 0 Å². The molecule has 0 radical (unpaired) electrons. The summed E-state index contributed by atoms with van der Waals surface area (Å²) < 4.78 is 31.8. The van der Waals surface area contributed by atoms with Crippen molar-refractivity contribution < 1.29 is 27.9 Å². The number of fused-ring (bicyclic) bond motifs is 1. The highest BCUT2D eigenvalue weighted by molar-refractivity contribution is 6.16. The fourth-order valence-electron chi connectivity index (χ4n) is 2.53. The van der Waals surface area contributed by atoms with E-state index in [0.717, 1.165) is 23.1 Å². The van der Waals surface area contributed by atoms with Gasteiger partial charge in [0.25, 0.3) is 18.0 Å². The van der Waals surface area contributed by atoms with E-state index >= 15 is 0 Å². The Morgan fingerprint density at radius 3 is 2.58 bits per heavy atom. The van der Waals surface area contributed by atoms with Crippen LogP contribution in [0.1, 0.15) is 23.7 Å². The number of benzene rings is 2. The fraction of sp³-hybridized carbons (Fsp3) is 0.167. The molecule has 0 fully saturated rings. The molecule has 3 rings (SSSR count). The van der Waals surface area contributed by atoms with E-state index in [0.29, 0.717) is 5.69 Å². The number of amides is 2. The van der Waals surface area contributed by atoms with Gasteiger partial charge in [-0.25, -0.2) is 8.78 Å². The third-order valence-corrected chi connectivity index (χ3v) is 3.80. The third-order valence-electron chi connectivity index (χ3n) is 3.80. The maximum absolute atomic E-state index is 13.5. The van der Waals surface area contributed by atoms with Crippen molar-refractivity contribution >= 4 is 29.2 Å². The van der Waals surface area contributed by atoms with Gasteiger partial charge in [-0.1, -0.05) is 19.1 Å². The Hall–Kier alpha value is -3.29. The van der Waals surface area contributed by atoms with Crippen molar-refractivity contribution in [3.8, 4) is 0 Å². The lowest BCUT2D eigenvalue weighted by molar-refractivity contribution is -0.153. The highest BCUT2D eigenvalue weighted by atomic mass is 19.2. The van der Waals surface area contributed by atoms with Crippen LogP contribution in [-0.4, -0.2) is 24.0 Å². The first kappa shape index (κ1) is 17.5. The second kappa shape index (κ2) is 6.91. The van der Waals surface area contributed by atoms with Crippen LogP contribution in [0.4, 0.5) is 20.2 Å². The predicted molar refractivity (Wildman–Crippen MR) is 88.4 cm³/mol. The number of anilines is 2. The number of esters is 1. The van der Waals surface area contributed by atoms with Crippen LogP contribution in [0.3, 0.4) is 0 Å². The summed E-state index contributed by atoms with van der Waals surface area (Å²) in [6, 6.07) is 9.01. The van der Waals surface area contributed by atoms with Gasteiger partial charge < -0.3 is 10.1 Å². The van der Waals surface area contributed by atoms with Gasteiger partial charge >= 0.3 is 5.97 Å². The molecule has 1 N–H and O–H groups in total. The summed E-state index contributed by atoms with van der Waals surface area (Å²) in [5.41, 5.74) is 0.416. The number of halogens is 2. The van der Waals surface area contributed by atoms with Gasteiger partial charge in [-0.05, 0) is 30.3 Å². The Labute approximate surface area is 147 Å². The Bertz CT molecular complexity index is 901. The molecule has 2 amide bonds. The second-order valence-electron chi connectivity index (χ2n) is 5.51. The highest BCUT2D eigenvalue weighted by Crippen LogP contribution is 2.33. The van der Waals surface area contributed by atoms with Crippen molar-refractivity contribution in [1.82, 2.24) is 0 Å². The van der Waals surface area contributed by atoms with E-state index in [1.165, 1.54) is 0 Å². The molecule has 2 aromatic rings. The third kappa shape index (κ3) is 3.13. The summed E-state index contributed by atoms with van der Waals surface area (Å²) in [4.78, 5) is 37.9. The molecule has 2 aromatic carbocycles. The van der Waals surface area contributed by atoms with Gasteiger partial charge in [0.05, 0.1) is 11.4 Å². The number of nitrogens with zero attached hydrogens (tertiary/aromatic N) is 1. The van der Waals surface area contributed by atoms with Crippen LogP contribution in [0.15, 0.2) is 42.5 Å². The molecule has 1 aliphatic rings. The molecule has 1 heterocycles. The van der Waals surface area contributed by atoms with Gasteiger partial charge in [0, 0.05) is 12.0 Å². The lowest BCUT2D eigenvalue weighted by atomic mass is 10.1. The van der Waals surface area contributed by atoms with E-state index in [2.05, 4.69) is 5.32 Å². The normalized spacial score (nSPS) is 15.9. The number of ether oxygens (including phenoxy) is 1. The number of hydrogen-bond acceptors (Lipinski definition) is 4. The molecule has 134 valence electrons.